The lowest BCUT2D eigenvalue weighted by atomic mass is 10.2. The summed E-state index contributed by atoms with van der Waals surface area (Å²) in [6, 6.07) is 7.76. The Morgan fingerprint density at radius 1 is 1.53 bits per heavy atom. The number of benzene rings is 1. The van der Waals surface area contributed by atoms with Crippen molar-refractivity contribution in [1.82, 2.24) is 5.32 Å². The average Bonchev–Trinajstić information content (AvgIpc) is 2.26. The minimum Gasteiger partial charge on any atom is -0.493 e. The largest absolute Gasteiger partial charge is 0.493 e. The maximum absolute atomic E-state index is 11.4. The van der Waals surface area contributed by atoms with E-state index in [1.54, 1.807) is 0 Å². The Labute approximate surface area is 107 Å². The lowest BCUT2D eigenvalue weighted by molar-refractivity contribution is -0.121. The number of halogens is 1. The van der Waals surface area contributed by atoms with Crippen LogP contribution in [0.1, 0.15) is 18.9 Å². The zero-order valence-corrected chi connectivity index (χ0v) is 11.0. The third-order valence-corrected chi connectivity index (χ3v) is 2.32. The quantitative estimate of drug-likeness (QED) is 0.794. The van der Waals surface area contributed by atoms with Gasteiger partial charge in [-0.25, -0.2) is 0 Å². The maximum atomic E-state index is 11.4. The molecule has 0 aromatic heterocycles. The summed E-state index contributed by atoms with van der Waals surface area (Å²) < 4.78 is 5.47. The highest BCUT2D eigenvalue weighted by Gasteiger charge is 2.03. The van der Waals surface area contributed by atoms with Crippen molar-refractivity contribution in [1.29, 1.82) is 0 Å². The van der Waals surface area contributed by atoms with Crippen LogP contribution in [0.5, 0.6) is 5.75 Å². The van der Waals surface area contributed by atoms with Gasteiger partial charge in [0.2, 0.25) is 5.91 Å². The Bertz CT molecular complexity index is 366. The van der Waals surface area contributed by atoms with Crippen molar-refractivity contribution in [3.63, 3.8) is 0 Å². The third-order valence-electron chi connectivity index (χ3n) is 2.17. The van der Waals surface area contributed by atoms with Gasteiger partial charge in [0.1, 0.15) is 5.75 Å². The molecule has 0 spiro atoms. The minimum atomic E-state index is -0.0448. The first-order chi connectivity index (χ1) is 8.08. The van der Waals surface area contributed by atoms with Gasteiger partial charge in [-0.2, -0.15) is 0 Å². The van der Waals surface area contributed by atoms with E-state index in [1.165, 1.54) is 0 Å². The van der Waals surface area contributed by atoms with Crippen LogP contribution in [0.4, 0.5) is 0 Å². The number of carbonyl (C=O) groups is 1. The Morgan fingerprint density at radius 2 is 2.29 bits per heavy atom. The van der Waals surface area contributed by atoms with E-state index in [4.69, 9.17) is 16.3 Å². The summed E-state index contributed by atoms with van der Waals surface area (Å²) in [6.45, 7) is 4.71. The van der Waals surface area contributed by atoms with Crippen LogP contribution in [0, 0.1) is 6.92 Å². The summed E-state index contributed by atoms with van der Waals surface area (Å²) in [6.07, 6.45) is 0.345. The Kier molecular flexibility index (Phi) is 5.84. The molecule has 4 heteroatoms. The summed E-state index contributed by atoms with van der Waals surface area (Å²) in [7, 11) is 0. The molecule has 0 bridgehead atoms. The second-order valence-corrected chi connectivity index (χ2v) is 4.74. The molecule has 0 radical (unpaired) electrons. The summed E-state index contributed by atoms with van der Waals surface area (Å²) in [5.41, 5.74) is 1.14. The summed E-state index contributed by atoms with van der Waals surface area (Å²) >= 11 is 5.72. The van der Waals surface area contributed by atoms with E-state index in [-0.39, 0.29) is 11.3 Å². The first kappa shape index (κ1) is 13.8. The van der Waals surface area contributed by atoms with E-state index < -0.39 is 0 Å². The van der Waals surface area contributed by atoms with Crippen molar-refractivity contribution in [2.45, 2.75) is 25.6 Å². The predicted molar refractivity (Wildman–Crippen MR) is 69.6 cm³/mol. The average molecular weight is 256 g/mol. The van der Waals surface area contributed by atoms with Gasteiger partial charge in [0, 0.05) is 11.9 Å². The molecular formula is C13H18ClNO2. The first-order valence-electron chi connectivity index (χ1n) is 5.68. The van der Waals surface area contributed by atoms with Crippen LogP contribution in [-0.4, -0.2) is 24.4 Å². The van der Waals surface area contributed by atoms with Crippen LogP contribution in [0.3, 0.4) is 0 Å². The molecule has 17 heavy (non-hydrogen) atoms. The molecule has 1 unspecified atom stereocenters. The molecule has 1 aromatic carbocycles. The van der Waals surface area contributed by atoms with Crippen LogP contribution in [0.25, 0.3) is 0 Å². The van der Waals surface area contributed by atoms with Gasteiger partial charge in [-0.1, -0.05) is 12.1 Å². The molecule has 3 nitrogen and oxygen atoms in total. The zero-order valence-electron chi connectivity index (χ0n) is 10.2. The van der Waals surface area contributed by atoms with E-state index in [9.17, 15) is 4.79 Å². The number of nitrogens with one attached hydrogen (secondary N) is 1. The van der Waals surface area contributed by atoms with Gasteiger partial charge in [0.15, 0.2) is 0 Å². The number of hydrogen-bond donors (Lipinski definition) is 1. The molecule has 0 aliphatic heterocycles. The SMILES string of the molecule is Cc1cccc(OCCC(=O)NCC(C)Cl)c1. The molecule has 1 rings (SSSR count). The van der Waals surface area contributed by atoms with Crippen molar-refractivity contribution in [3.05, 3.63) is 29.8 Å². The van der Waals surface area contributed by atoms with Gasteiger partial charge in [0.25, 0.3) is 0 Å². The predicted octanol–water partition coefficient (Wildman–Crippen LogP) is 2.51. The topological polar surface area (TPSA) is 38.3 Å². The van der Waals surface area contributed by atoms with Crippen LogP contribution in [-0.2, 0) is 4.79 Å². The molecule has 0 saturated heterocycles. The summed E-state index contributed by atoms with van der Waals surface area (Å²) in [5, 5.41) is 2.68. The number of carbonyl (C=O) groups excluding carboxylic acids is 1. The van der Waals surface area contributed by atoms with E-state index in [0.29, 0.717) is 19.6 Å². The highest BCUT2D eigenvalue weighted by molar-refractivity contribution is 6.20. The lowest BCUT2D eigenvalue weighted by Gasteiger charge is -2.08. The number of hydrogen-bond acceptors (Lipinski definition) is 2. The first-order valence-corrected chi connectivity index (χ1v) is 6.12. The molecule has 1 atom stereocenters. The second-order valence-electron chi connectivity index (χ2n) is 4.00. The summed E-state index contributed by atoms with van der Waals surface area (Å²) in [5.74, 6) is 0.758. The Balaban J connectivity index is 2.21. The Morgan fingerprint density at radius 3 is 2.94 bits per heavy atom. The van der Waals surface area contributed by atoms with E-state index >= 15 is 0 Å². The third kappa shape index (κ3) is 6.17. The van der Waals surface area contributed by atoms with E-state index in [0.717, 1.165) is 11.3 Å². The molecule has 94 valence electrons. The van der Waals surface area contributed by atoms with Gasteiger partial charge in [0.05, 0.1) is 13.0 Å². The highest BCUT2D eigenvalue weighted by atomic mass is 35.5. The molecule has 0 saturated carbocycles. The normalized spacial score (nSPS) is 11.9. The van der Waals surface area contributed by atoms with Gasteiger partial charge in [-0.3, -0.25) is 4.79 Å². The monoisotopic (exact) mass is 255 g/mol. The number of alkyl halides is 1. The van der Waals surface area contributed by atoms with Gasteiger partial charge in [-0.15, -0.1) is 11.6 Å². The Hall–Kier alpha value is -1.22. The van der Waals surface area contributed by atoms with Crippen molar-refractivity contribution >= 4 is 17.5 Å². The number of ether oxygens (including phenoxy) is 1. The zero-order chi connectivity index (χ0) is 12.7. The summed E-state index contributed by atoms with van der Waals surface area (Å²) in [4.78, 5) is 11.4. The molecule has 1 aromatic rings. The van der Waals surface area contributed by atoms with Gasteiger partial charge in [-0.05, 0) is 31.5 Å². The van der Waals surface area contributed by atoms with Gasteiger partial charge >= 0.3 is 0 Å². The molecule has 0 fully saturated rings. The number of aryl methyl sites for hydroxylation is 1. The molecular weight excluding hydrogens is 238 g/mol. The van der Waals surface area contributed by atoms with Crippen LogP contribution in [0.15, 0.2) is 24.3 Å². The van der Waals surface area contributed by atoms with Crippen LogP contribution < -0.4 is 10.1 Å². The van der Waals surface area contributed by atoms with E-state index in [1.807, 2.05) is 38.1 Å². The standard InChI is InChI=1S/C13H18ClNO2/c1-10-4-3-5-12(8-10)17-7-6-13(16)15-9-11(2)14/h3-5,8,11H,6-7,9H2,1-2H3,(H,15,16). The maximum Gasteiger partial charge on any atom is 0.223 e. The molecule has 0 aliphatic carbocycles. The molecule has 0 heterocycles. The van der Waals surface area contributed by atoms with Crippen molar-refractivity contribution < 1.29 is 9.53 Å². The van der Waals surface area contributed by atoms with Crippen molar-refractivity contribution in [3.8, 4) is 5.75 Å². The minimum absolute atomic E-state index is 0.0369. The highest BCUT2D eigenvalue weighted by Crippen LogP contribution is 2.12. The van der Waals surface area contributed by atoms with Crippen molar-refractivity contribution in [2.75, 3.05) is 13.2 Å². The fourth-order valence-electron chi connectivity index (χ4n) is 1.31. The smallest absolute Gasteiger partial charge is 0.223 e. The van der Waals surface area contributed by atoms with E-state index in [2.05, 4.69) is 5.32 Å². The van der Waals surface area contributed by atoms with Gasteiger partial charge < -0.3 is 10.1 Å². The second kappa shape index (κ2) is 7.17. The molecule has 1 N–H and O–H groups in total. The molecule has 1 amide bonds. The fraction of sp³-hybridized carbons (Fsp3) is 0.462. The molecule has 0 aliphatic rings. The fourth-order valence-corrected chi connectivity index (χ4v) is 1.39. The lowest BCUT2D eigenvalue weighted by Crippen LogP contribution is -2.29. The number of amides is 1. The van der Waals surface area contributed by atoms with Crippen LogP contribution in [0.2, 0.25) is 0 Å². The van der Waals surface area contributed by atoms with Crippen LogP contribution >= 0.6 is 11.6 Å². The number of rotatable bonds is 6. The van der Waals surface area contributed by atoms with Crippen molar-refractivity contribution in [2.24, 2.45) is 0 Å².